The molecule has 1 amide bonds. The van der Waals surface area contributed by atoms with Crippen molar-refractivity contribution in [1.29, 1.82) is 5.26 Å². The van der Waals surface area contributed by atoms with E-state index in [0.29, 0.717) is 23.8 Å². The number of ether oxygens (including phenoxy) is 2. The zero-order valence-corrected chi connectivity index (χ0v) is 20.1. The van der Waals surface area contributed by atoms with Crippen molar-refractivity contribution in [2.24, 2.45) is 0 Å². The van der Waals surface area contributed by atoms with Crippen LogP contribution in [-0.4, -0.2) is 42.1 Å². The van der Waals surface area contributed by atoms with Crippen molar-refractivity contribution in [3.63, 3.8) is 0 Å². The van der Waals surface area contributed by atoms with Crippen LogP contribution < -0.4 is 14.5 Å². The molecule has 0 spiro atoms. The average molecular weight is 508 g/mol. The molecular weight excluding hydrogens is 487 g/mol. The van der Waals surface area contributed by atoms with E-state index in [1.165, 1.54) is 6.07 Å². The lowest BCUT2D eigenvalue weighted by Gasteiger charge is -2.31. The van der Waals surface area contributed by atoms with Gasteiger partial charge in [-0.25, -0.2) is 0 Å². The van der Waals surface area contributed by atoms with E-state index in [1.54, 1.807) is 55.8 Å². The number of halogens is 3. The molecule has 2 heterocycles. The first kappa shape index (κ1) is 24.3. The van der Waals surface area contributed by atoms with Crippen LogP contribution >= 0.6 is 24.0 Å². The van der Waals surface area contributed by atoms with E-state index in [4.69, 9.17) is 27.0 Å². The third-order valence-corrected chi connectivity index (χ3v) is 7.15. The number of nitrogens with zero attached hydrogens (tertiary/aromatic N) is 3. The standard InChI is InChI=1S/C23H20F3N3O3S2/c1-22(2)20(30)28(14-5-4-13(10-27)17(8-14)23(24,25)26)21(33)29(22)15-6-7-18-19(9-15)34-12-16(32-18)11-31-3/h4-9,16H,11-12H2,1-3H3. The van der Waals surface area contributed by atoms with Gasteiger partial charge in [-0.2, -0.15) is 18.4 Å². The Morgan fingerprint density at radius 3 is 2.62 bits per heavy atom. The molecule has 0 bridgehead atoms. The summed E-state index contributed by atoms with van der Waals surface area (Å²) in [6.07, 6.45) is -4.83. The number of hydrogen-bond donors (Lipinski definition) is 0. The lowest BCUT2D eigenvalue weighted by atomic mass is 10.0. The number of alkyl halides is 3. The van der Waals surface area contributed by atoms with Crippen molar-refractivity contribution >= 4 is 46.4 Å². The number of rotatable bonds is 4. The fourth-order valence-corrected chi connectivity index (χ4v) is 5.48. The fraction of sp³-hybridized carbons (Fsp3) is 0.348. The summed E-state index contributed by atoms with van der Waals surface area (Å²) in [5.74, 6) is 0.904. The third kappa shape index (κ3) is 4.10. The first-order chi connectivity index (χ1) is 16.0. The summed E-state index contributed by atoms with van der Waals surface area (Å²) >= 11 is 7.18. The van der Waals surface area contributed by atoms with E-state index in [9.17, 15) is 18.0 Å². The number of amides is 1. The molecule has 34 heavy (non-hydrogen) atoms. The molecule has 6 nitrogen and oxygen atoms in total. The quantitative estimate of drug-likeness (QED) is 0.540. The molecule has 2 aliphatic heterocycles. The number of thioether (sulfide) groups is 1. The van der Waals surface area contributed by atoms with E-state index in [0.717, 1.165) is 21.9 Å². The second-order valence-corrected chi connectivity index (χ2v) is 9.72. The van der Waals surface area contributed by atoms with Gasteiger partial charge in [0.15, 0.2) is 5.11 Å². The zero-order valence-electron chi connectivity index (χ0n) is 18.5. The molecule has 2 aromatic carbocycles. The summed E-state index contributed by atoms with van der Waals surface area (Å²) in [4.78, 5) is 16.9. The Morgan fingerprint density at radius 2 is 1.97 bits per heavy atom. The van der Waals surface area contributed by atoms with Gasteiger partial charge in [0.05, 0.1) is 34.4 Å². The van der Waals surface area contributed by atoms with Gasteiger partial charge in [-0.05, 0) is 62.5 Å². The van der Waals surface area contributed by atoms with Gasteiger partial charge in [-0.1, -0.05) is 0 Å². The summed E-state index contributed by atoms with van der Waals surface area (Å²) in [6, 6.07) is 10.1. The molecule has 0 aliphatic carbocycles. The van der Waals surface area contributed by atoms with Crippen LogP contribution in [0.2, 0.25) is 0 Å². The smallest absolute Gasteiger partial charge is 0.417 e. The minimum atomic E-state index is -4.75. The van der Waals surface area contributed by atoms with Crippen molar-refractivity contribution < 1.29 is 27.4 Å². The molecule has 178 valence electrons. The number of carbonyl (C=O) groups is 1. The fourth-order valence-electron chi connectivity index (χ4n) is 3.97. The molecule has 0 N–H and O–H groups in total. The molecule has 1 unspecified atom stereocenters. The number of benzene rings is 2. The number of fused-ring (bicyclic) bond motifs is 1. The highest BCUT2D eigenvalue weighted by Gasteiger charge is 2.51. The van der Waals surface area contributed by atoms with Crippen LogP contribution in [0.5, 0.6) is 5.75 Å². The largest absolute Gasteiger partial charge is 0.486 e. The third-order valence-electron chi connectivity index (χ3n) is 5.61. The van der Waals surface area contributed by atoms with E-state index in [2.05, 4.69) is 0 Å². The lowest BCUT2D eigenvalue weighted by Crippen LogP contribution is -2.44. The number of thiocarbonyl (C=S) groups is 1. The highest BCUT2D eigenvalue weighted by molar-refractivity contribution is 7.99. The van der Waals surface area contributed by atoms with Crippen LogP contribution in [0.15, 0.2) is 41.3 Å². The van der Waals surface area contributed by atoms with Gasteiger partial charge in [0.25, 0.3) is 5.91 Å². The number of nitriles is 1. The van der Waals surface area contributed by atoms with Gasteiger partial charge in [0.1, 0.15) is 17.4 Å². The number of hydrogen-bond acceptors (Lipinski definition) is 6. The Bertz CT molecular complexity index is 1210. The second-order valence-electron chi connectivity index (χ2n) is 8.29. The Balaban J connectivity index is 1.71. The molecule has 1 fully saturated rings. The van der Waals surface area contributed by atoms with Crippen LogP contribution in [0.4, 0.5) is 24.5 Å². The van der Waals surface area contributed by atoms with Crippen molar-refractivity contribution in [3.05, 3.63) is 47.5 Å². The highest BCUT2D eigenvalue weighted by Crippen LogP contribution is 2.43. The average Bonchev–Trinajstić information content (AvgIpc) is 2.96. The predicted octanol–water partition coefficient (Wildman–Crippen LogP) is 4.99. The van der Waals surface area contributed by atoms with Crippen molar-refractivity contribution in [1.82, 2.24) is 0 Å². The monoisotopic (exact) mass is 507 g/mol. The van der Waals surface area contributed by atoms with Gasteiger partial charge >= 0.3 is 6.18 Å². The number of anilines is 2. The Morgan fingerprint density at radius 1 is 1.26 bits per heavy atom. The second kappa shape index (κ2) is 8.76. The van der Waals surface area contributed by atoms with Crippen molar-refractivity contribution in [2.75, 3.05) is 29.3 Å². The molecule has 2 aromatic rings. The molecule has 11 heteroatoms. The normalized spacial score (nSPS) is 19.6. The minimum Gasteiger partial charge on any atom is -0.486 e. The molecule has 4 rings (SSSR count). The SMILES string of the molecule is COCC1CSc2cc(N3C(=S)N(c4ccc(C#N)c(C(F)(F)F)c4)C(=O)C3(C)C)ccc2O1. The van der Waals surface area contributed by atoms with Crippen molar-refractivity contribution in [3.8, 4) is 11.8 Å². The Labute approximate surface area is 204 Å². The summed E-state index contributed by atoms with van der Waals surface area (Å²) in [5.41, 5.74) is -2.22. The van der Waals surface area contributed by atoms with E-state index in [-0.39, 0.29) is 16.9 Å². The molecule has 0 radical (unpaired) electrons. The summed E-state index contributed by atoms with van der Waals surface area (Å²) in [5, 5.41) is 9.12. The van der Waals surface area contributed by atoms with Gasteiger partial charge in [0.2, 0.25) is 0 Å². The molecule has 2 aliphatic rings. The van der Waals surface area contributed by atoms with Crippen LogP contribution in [0.1, 0.15) is 25.0 Å². The minimum absolute atomic E-state index is 0.0463. The van der Waals surface area contributed by atoms with Crippen LogP contribution in [0.25, 0.3) is 0 Å². The topological polar surface area (TPSA) is 65.8 Å². The van der Waals surface area contributed by atoms with Gasteiger partial charge in [0, 0.05) is 18.6 Å². The highest BCUT2D eigenvalue weighted by atomic mass is 32.2. The van der Waals surface area contributed by atoms with Gasteiger partial charge in [-0.15, -0.1) is 11.8 Å². The van der Waals surface area contributed by atoms with E-state index in [1.807, 2.05) is 6.07 Å². The molecule has 1 atom stereocenters. The molecule has 0 aromatic heterocycles. The van der Waals surface area contributed by atoms with Gasteiger partial charge in [-0.3, -0.25) is 9.69 Å². The van der Waals surface area contributed by atoms with Crippen LogP contribution in [0.3, 0.4) is 0 Å². The lowest BCUT2D eigenvalue weighted by molar-refractivity contribution is -0.137. The summed E-state index contributed by atoms with van der Waals surface area (Å²) in [7, 11) is 1.61. The first-order valence-electron chi connectivity index (χ1n) is 10.2. The molecular formula is C23H20F3N3O3S2. The maximum Gasteiger partial charge on any atom is 0.417 e. The Hall–Kier alpha value is -2.81. The summed E-state index contributed by atoms with van der Waals surface area (Å²) in [6.45, 7) is 3.78. The molecule has 0 saturated carbocycles. The number of methoxy groups -OCH3 is 1. The van der Waals surface area contributed by atoms with Gasteiger partial charge < -0.3 is 14.4 Å². The first-order valence-corrected chi connectivity index (χ1v) is 11.6. The predicted molar refractivity (Wildman–Crippen MR) is 126 cm³/mol. The van der Waals surface area contributed by atoms with Crippen LogP contribution in [-0.2, 0) is 15.7 Å². The van der Waals surface area contributed by atoms with Crippen LogP contribution in [0, 0.1) is 11.3 Å². The van der Waals surface area contributed by atoms with E-state index >= 15 is 0 Å². The summed E-state index contributed by atoms with van der Waals surface area (Å²) < 4.78 is 51.6. The maximum atomic E-state index is 13.5. The van der Waals surface area contributed by atoms with E-state index < -0.39 is 28.7 Å². The number of carbonyl (C=O) groups excluding carboxylic acids is 1. The zero-order chi connectivity index (χ0) is 24.8. The molecule has 1 saturated heterocycles. The van der Waals surface area contributed by atoms with Crippen molar-refractivity contribution in [2.45, 2.75) is 36.6 Å². The Kier molecular flexibility index (Phi) is 6.27. The maximum absolute atomic E-state index is 13.5.